The third-order valence-corrected chi connectivity index (χ3v) is 12.9. The molecular weight excluding hydrogens is 956 g/mol. The van der Waals surface area contributed by atoms with E-state index >= 15 is 0 Å². The van der Waals surface area contributed by atoms with E-state index in [4.69, 9.17) is 42.6 Å². The number of nitrogens with zero attached hydrogens (tertiary/aromatic N) is 8. The average molecular weight is 1020 g/mol. The van der Waals surface area contributed by atoms with Gasteiger partial charge in [0.15, 0.2) is 0 Å². The summed E-state index contributed by atoms with van der Waals surface area (Å²) in [6.07, 6.45) is 2.28. The molecule has 380 valence electrons. The highest BCUT2D eigenvalue weighted by Gasteiger charge is 2.31. The fourth-order valence-electron chi connectivity index (χ4n) is 8.84. The van der Waals surface area contributed by atoms with E-state index in [9.17, 15) is 34.2 Å². The third-order valence-electron chi connectivity index (χ3n) is 12.1. The first-order valence-corrected chi connectivity index (χ1v) is 24.3. The number of pyridine rings is 2. The molecule has 2 aliphatic rings. The van der Waals surface area contributed by atoms with Crippen molar-refractivity contribution in [2.45, 2.75) is 110 Å². The highest BCUT2D eigenvalue weighted by Crippen LogP contribution is 2.30. The molecular formula is C50H62Cl2N10O9. The number of aliphatic hydroxyl groups excluding tert-OH is 1. The van der Waals surface area contributed by atoms with Crippen LogP contribution in [0, 0.1) is 0 Å². The predicted octanol–water partition coefficient (Wildman–Crippen LogP) is 7.05. The minimum atomic E-state index is -1.21. The molecule has 0 bridgehead atoms. The Kier molecular flexibility index (Phi) is 15.8. The van der Waals surface area contributed by atoms with Crippen molar-refractivity contribution < 1.29 is 34.1 Å². The number of hydrogen-bond donors (Lipinski definition) is 4. The lowest BCUT2D eigenvalue weighted by Crippen LogP contribution is -2.49. The number of fused-ring (bicyclic) bond motifs is 2. The number of imidazole rings is 2. The van der Waals surface area contributed by atoms with Crippen LogP contribution in [-0.4, -0.2) is 106 Å². The summed E-state index contributed by atoms with van der Waals surface area (Å²) in [6, 6.07) is 17.7. The van der Waals surface area contributed by atoms with Crippen molar-refractivity contribution in [3.05, 3.63) is 114 Å². The summed E-state index contributed by atoms with van der Waals surface area (Å²) >= 11 is 12.9. The molecule has 4 N–H and O–H groups in total. The number of anilines is 2. The Morgan fingerprint density at radius 3 is 1.52 bits per heavy atom. The second-order valence-corrected chi connectivity index (χ2v) is 20.7. The Bertz CT molecular complexity index is 3080. The minimum absolute atomic E-state index is 0.122. The molecule has 2 atom stereocenters. The van der Waals surface area contributed by atoms with Gasteiger partial charge in [0.2, 0.25) is 11.9 Å². The van der Waals surface area contributed by atoms with E-state index < -0.39 is 34.9 Å². The van der Waals surface area contributed by atoms with Crippen LogP contribution in [0.2, 0.25) is 10.0 Å². The first-order chi connectivity index (χ1) is 33.5. The largest absolute Gasteiger partial charge is 0.477 e. The number of ether oxygens (including phenoxy) is 2. The quantitative estimate of drug-likeness (QED) is 0.108. The number of alkyl carbamates (subject to hydrolysis) is 2. The molecule has 71 heavy (non-hydrogen) atoms. The molecule has 2 amide bonds. The maximum absolute atomic E-state index is 13.3. The van der Waals surface area contributed by atoms with Crippen LogP contribution in [0.3, 0.4) is 0 Å². The van der Waals surface area contributed by atoms with Gasteiger partial charge in [-0.3, -0.25) is 9.59 Å². The molecule has 2 fully saturated rings. The third kappa shape index (κ3) is 12.3. The van der Waals surface area contributed by atoms with Crippen LogP contribution in [0.1, 0.15) is 94.5 Å². The van der Waals surface area contributed by atoms with Gasteiger partial charge in [-0.25, -0.2) is 24.4 Å². The van der Waals surface area contributed by atoms with Gasteiger partial charge >= 0.3 is 18.2 Å². The van der Waals surface area contributed by atoms with Crippen LogP contribution >= 0.6 is 23.2 Å². The van der Waals surface area contributed by atoms with Gasteiger partial charge < -0.3 is 58.4 Å². The minimum Gasteiger partial charge on any atom is -0.477 e. The lowest BCUT2D eigenvalue weighted by Gasteiger charge is -2.34. The molecule has 19 nitrogen and oxygen atoms in total. The summed E-state index contributed by atoms with van der Waals surface area (Å²) in [5, 5.41) is 26.3. The van der Waals surface area contributed by atoms with Gasteiger partial charge in [-0.2, -0.15) is 0 Å². The number of hydrogen-bond acceptors (Lipinski definition) is 12. The second kappa shape index (κ2) is 21.4. The standard InChI is InChI=1S/C25H30ClN5O5.C25H32ClN5O4/c1-25(2,3)36-24(35)27-16-9-7-11-30(14-16)23-28-18-12-19(22(33)34)29(4)21(32)20(18)31(23)13-15-8-5-6-10-17(15)26;1-25(2,3)35-24(34)27-17-9-7-11-30(14-17)23-28-20-12-18(15-32)29(4)22(33)21(20)31(23)13-16-8-5-6-10-19(16)26/h5-6,8,10,12,16H,7,9,11,13-14H2,1-4H3,(H,27,35)(H,33,34);5-6,8,10,12,17,32H,7,9,11,13-15H2,1-4H3,(H,27,34)/t16-;17-/m11/s1. The zero-order valence-electron chi connectivity index (χ0n) is 41.3. The Morgan fingerprint density at radius 1 is 0.690 bits per heavy atom. The van der Waals surface area contributed by atoms with Crippen molar-refractivity contribution in [3.8, 4) is 0 Å². The number of aliphatic hydroxyl groups is 1. The molecule has 2 aromatic carbocycles. The fraction of sp³-hybridized carbons (Fsp3) is 0.460. The maximum Gasteiger partial charge on any atom is 0.407 e. The van der Waals surface area contributed by atoms with Crippen LogP contribution in [0.5, 0.6) is 0 Å². The number of benzene rings is 2. The number of halogens is 2. The topological polar surface area (TPSA) is 220 Å². The Hall–Kier alpha value is -6.57. The molecule has 0 saturated carbocycles. The number of carbonyl (C=O) groups excluding carboxylic acids is 2. The molecule has 2 aliphatic heterocycles. The first kappa shape index (κ1) is 52.3. The van der Waals surface area contributed by atoms with Gasteiger partial charge in [-0.1, -0.05) is 59.6 Å². The smallest absolute Gasteiger partial charge is 0.407 e. The number of aromatic nitrogens is 6. The normalized spacial score (nSPS) is 16.4. The monoisotopic (exact) mass is 1020 g/mol. The van der Waals surface area contributed by atoms with Gasteiger partial charge in [0.1, 0.15) is 27.9 Å². The van der Waals surface area contributed by atoms with E-state index in [-0.39, 0.29) is 36.5 Å². The highest BCUT2D eigenvalue weighted by atomic mass is 35.5. The zero-order valence-corrected chi connectivity index (χ0v) is 42.8. The van der Waals surface area contributed by atoms with Crippen molar-refractivity contribution in [1.29, 1.82) is 0 Å². The summed E-state index contributed by atoms with van der Waals surface area (Å²) in [4.78, 5) is 76.6. The van der Waals surface area contributed by atoms with Crippen molar-refractivity contribution in [2.75, 3.05) is 36.0 Å². The van der Waals surface area contributed by atoms with Crippen LogP contribution in [0.15, 0.2) is 70.3 Å². The van der Waals surface area contributed by atoms with Gasteiger partial charge in [0.25, 0.3) is 11.1 Å². The van der Waals surface area contributed by atoms with E-state index in [1.54, 1.807) is 23.7 Å². The Balaban J connectivity index is 0.000000209. The molecule has 4 aromatic heterocycles. The fourth-order valence-corrected chi connectivity index (χ4v) is 9.23. The summed E-state index contributed by atoms with van der Waals surface area (Å²) in [6.45, 7) is 13.7. The Morgan fingerprint density at radius 2 is 1.11 bits per heavy atom. The van der Waals surface area contributed by atoms with Gasteiger partial charge in [-0.15, -0.1) is 0 Å². The van der Waals surface area contributed by atoms with Gasteiger partial charge in [0.05, 0.1) is 30.7 Å². The Labute approximate surface area is 420 Å². The molecule has 6 heterocycles. The van der Waals surface area contributed by atoms with E-state index in [0.717, 1.165) is 47.9 Å². The number of carboxylic acid groups (broad SMARTS) is 1. The van der Waals surface area contributed by atoms with Crippen LogP contribution in [-0.2, 0) is 43.3 Å². The lowest BCUT2D eigenvalue weighted by molar-refractivity contribution is 0.0488. The van der Waals surface area contributed by atoms with Gasteiger partial charge in [0, 0.05) is 68.1 Å². The number of aromatic carboxylic acids is 1. The molecule has 0 unspecified atom stereocenters. The van der Waals surface area contributed by atoms with E-state index in [1.807, 2.05) is 93.5 Å². The number of nitrogens with one attached hydrogen (secondary N) is 2. The maximum atomic E-state index is 13.3. The van der Waals surface area contributed by atoms with Crippen LogP contribution in [0.25, 0.3) is 22.1 Å². The number of rotatable bonds is 10. The van der Waals surface area contributed by atoms with E-state index in [1.165, 1.54) is 17.7 Å². The van der Waals surface area contributed by atoms with E-state index in [2.05, 4.69) is 15.5 Å². The van der Waals surface area contributed by atoms with Crippen molar-refractivity contribution in [1.82, 2.24) is 38.9 Å². The van der Waals surface area contributed by atoms with Crippen molar-refractivity contribution in [3.63, 3.8) is 0 Å². The first-order valence-electron chi connectivity index (χ1n) is 23.5. The zero-order chi connectivity index (χ0) is 51.5. The summed E-state index contributed by atoms with van der Waals surface area (Å²) in [5.41, 5.74) is 1.66. The molecule has 8 rings (SSSR count). The summed E-state index contributed by atoms with van der Waals surface area (Å²) in [7, 11) is 3.07. The number of carbonyl (C=O) groups is 3. The SMILES string of the molecule is Cn1c(C(=O)O)cc2nc(N3CCC[C@@H](NC(=O)OC(C)(C)C)C3)n(Cc3ccccc3Cl)c2c1=O.Cn1c(CO)cc2nc(N3CCC[C@@H](NC(=O)OC(C)(C)C)C3)n(Cc3ccccc3Cl)c2c1=O. The molecule has 21 heteroatoms. The van der Waals surface area contributed by atoms with Crippen LogP contribution < -0.4 is 31.6 Å². The van der Waals surface area contributed by atoms with Crippen molar-refractivity contribution in [2.24, 2.45) is 14.1 Å². The second-order valence-electron chi connectivity index (χ2n) is 19.9. The summed E-state index contributed by atoms with van der Waals surface area (Å²) in [5.74, 6) is -0.0682. The highest BCUT2D eigenvalue weighted by molar-refractivity contribution is 6.31. The molecule has 0 radical (unpaired) electrons. The van der Waals surface area contributed by atoms with Crippen LogP contribution in [0.4, 0.5) is 21.5 Å². The molecule has 2 saturated heterocycles. The van der Waals surface area contributed by atoms with Gasteiger partial charge in [-0.05, 0) is 103 Å². The number of piperidine rings is 2. The van der Waals surface area contributed by atoms with Crippen molar-refractivity contribution >= 4 is 75.3 Å². The predicted molar refractivity (Wildman–Crippen MR) is 273 cm³/mol. The molecule has 6 aromatic rings. The number of amides is 2. The summed E-state index contributed by atoms with van der Waals surface area (Å²) < 4.78 is 17.1. The number of carboxylic acids is 1. The molecule has 0 spiro atoms. The van der Waals surface area contributed by atoms with E-state index in [0.29, 0.717) is 75.9 Å². The molecule has 0 aliphatic carbocycles. The lowest BCUT2D eigenvalue weighted by atomic mass is 10.1. The average Bonchev–Trinajstić information content (AvgIpc) is 3.84.